The fraction of sp³-hybridized carbons (Fsp3) is 0.583. The van der Waals surface area contributed by atoms with Crippen LogP contribution in [0.15, 0.2) is 18.5 Å². The number of hydrogen-bond donors (Lipinski definition) is 2. The Bertz CT molecular complexity index is 346. The topological polar surface area (TPSA) is 49.3 Å². The number of carbonyl (C=O) groups excluding carboxylic acids is 1. The second-order valence-electron chi connectivity index (χ2n) is 4.15. The molecule has 0 bridgehead atoms. The Hall–Kier alpha value is -1.49. The molecule has 0 aliphatic rings. The fourth-order valence-electron chi connectivity index (χ4n) is 1.44. The number of aromatic nitrogens is 1. The molecule has 1 rings (SSSR count). The standard InChI is InChI=1S/C12H22N4O/c1-4-16-8-5-11(10-16)9-13-6-7-14-12(17)15(2)3/h5,8,10,13H,4,6-7,9H2,1-3H3,(H,14,17). The summed E-state index contributed by atoms with van der Waals surface area (Å²) in [4.78, 5) is 12.7. The summed E-state index contributed by atoms with van der Waals surface area (Å²) < 4.78 is 2.14. The van der Waals surface area contributed by atoms with Gasteiger partial charge in [0, 0.05) is 52.7 Å². The zero-order valence-electron chi connectivity index (χ0n) is 10.9. The van der Waals surface area contributed by atoms with Crippen LogP contribution >= 0.6 is 0 Å². The highest BCUT2D eigenvalue weighted by Gasteiger charge is 2.00. The van der Waals surface area contributed by atoms with Gasteiger partial charge in [-0.05, 0) is 18.6 Å². The number of aryl methyl sites for hydroxylation is 1. The van der Waals surface area contributed by atoms with Crippen LogP contribution in [-0.2, 0) is 13.1 Å². The van der Waals surface area contributed by atoms with Crippen LogP contribution in [0.3, 0.4) is 0 Å². The van der Waals surface area contributed by atoms with Gasteiger partial charge in [0.1, 0.15) is 0 Å². The van der Waals surface area contributed by atoms with Gasteiger partial charge in [0.2, 0.25) is 0 Å². The van der Waals surface area contributed by atoms with Gasteiger partial charge in [-0.1, -0.05) is 0 Å². The third-order valence-electron chi connectivity index (χ3n) is 2.49. The van der Waals surface area contributed by atoms with Gasteiger partial charge in [-0.2, -0.15) is 0 Å². The molecule has 1 heterocycles. The first-order valence-corrected chi connectivity index (χ1v) is 5.94. The number of nitrogens with zero attached hydrogens (tertiary/aromatic N) is 2. The molecular weight excluding hydrogens is 216 g/mol. The van der Waals surface area contributed by atoms with Crippen molar-refractivity contribution in [3.05, 3.63) is 24.0 Å². The summed E-state index contributed by atoms with van der Waals surface area (Å²) in [5, 5.41) is 6.09. The number of hydrogen-bond acceptors (Lipinski definition) is 2. The summed E-state index contributed by atoms with van der Waals surface area (Å²) in [7, 11) is 3.46. The lowest BCUT2D eigenvalue weighted by Gasteiger charge is -2.11. The highest BCUT2D eigenvalue weighted by molar-refractivity contribution is 5.73. The van der Waals surface area contributed by atoms with Crippen molar-refractivity contribution in [2.24, 2.45) is 0 Å². The van der Waals surface area contributed by atoms with Crippen molar-refractivity contribution in [3.63, 3.8) is 0 Å². The smallest absolute Gasteiger partial charge is 0.316 e. The van der Waals surface area contributed by atoms with E-state index in [0.717, 1.165) is 19.6 Å². The average molecular weight is 238 g/mol. The molecule has 2 amide bonds. The van der Waals surface area contributed by atoms with Crippen LogP contribution in [0.1, 0.15) is 12.5 Å². The van der Waals surface area contributed by atoms with Crippen molar-refractivity contribution >= 4 is 6.03 Å². The fourth-order valence-corrected chi connectivity index (χ4v) is 1.44. The van der Waals surface area contributed by atoms with E-state index in [1.54, 1.807) is 14.1 Å². The van der Waals surface area contributed by atoms with E-state index in [9.17, 15) is 4.79 Å². The Morgan fingerprint density at radius 3 is 2.76 bits per heavy atom. The molecule has 0 unspecified atom stereocenters. The maximum atomic E-state index is 11.2. The van der Waals surface area contributed by atoms with E-state index in [2.05, 4.69) is 40.6 Å². The molecule has 1 aromatic heterocycles. The van der Waals surface area contributed by atoms with Crippen molar-refractivity contribution in [2.45, 2.75) is 20.0 Å². The Balaban J connectivity index is 2.10. The predicted molar refractivity (Wildman–Crippen MR) is 68.9 cm³/mol. The number of rotatable bonds is 6. The quantitative estimate of drug-likeness (QED) is 0.722. The molecule has 0 atom stereocenters. The number of carbonyl (C=O) groups is 1. The molecule has 96 valence electrons. The van der Waals surface area contributed by atoms with Crippen LogP contribution in [0, 0.1) is 0 Å². The van der Waals surface area contributed by atoms with E-state index >= 15 is 0 Å². The third kappa shape index (κ3) is 4.91. The molecule has 0 saturated carbocycles. The summed E-state index contributed by atoms with van der Waals surface area (Å²) in [6.07, 6.45) is 4.20. The summed E-state index contributed by atoms with van der Waals surface area (Å²) in [6.45, 7) is 5.38. The molecule has 0 saturated heterocycles. The normalized spacial score (nSPS) is 10.3. The molecule has 17 heavy (non-hydrogen) atoms. The summed E-state index contributed by atoms with van der Waals surface area (Å²) in [6, 6.07) is 2.05. The van der Waals surface area contributed by atoms with Crippen LogP contribution in [0.5, 0.6) is 0 Å². The van der Waals surface area contributed by atoms with Gasteiger partial charge >= 0.3 is 6.03 Å². The summed E-state index contributed by atoms with van der Waals surface area (Å²) in [5.41, 5.74) is 1.27. The van der Waals surface area contributed by atoms with Crippen LogP contribution in [0.25, 0.3) is 0 Å². The Morgan fingerprint density at radius 2 is 2.18 bits per heavy atom. The second-order valence-corrected chi connectivity index (χ2v) is 4.15. The highest BCUT2D eigenvalue weighted by atomic mass is 16.2. The lowest BCUT2D eigenvalue weighted by Crippen LogP contribution is -2.38. The van der Waals surface area contributed by atoms with E-state index in [1.165, 1.54) is 10.5 Å². The van der Waals surface area contributed by atoms with Crippen LogP contribution in [-0.4, -0.2) is 42.7 Å². The van der Waals surface area contributed by atoms with Crippen LogP contribution < -0.4 is 10.6 Å². The van der Waals surface area contributed by atoms with Gasteiger partial charge in [-0.25, -0.2) is 4.79 Å². The zero-order valence-corrected chi connectivity index (χ0v) is 10.9. The molecule has 1 aromatic rings. The minimum absolute atomic E-state index is 0.0519. The van der Waals surface area contributed by atoms with Gasteiger partial charge in [0.25, 0.3) is 0 Å². The number of nitrogens with one attached hydrogen (secondary N) is 2. The van der Waals surface area contributed by atoms with Crippen molar-refractivity contribution in [2.75, 3.05) is 27.2 Å². The number of amides is 2. The molecule has 5 nitrogen and oxygen atoms in total. The zero-order chi connectivity index (χ0) is 12.7. The van der Waals surface area contributed by atoms with Crippen molar-refractivity contribution in [1.82, 2.24) is 20.1 Å². The number of urea groups is 1. The largest absolute Gasteiger partial charge is 0.354 e. The van der Waals surface area contributed by atoms with Crippen molar-refractivity contribution in [1.29, 1.82) is 0 Å². The Kier molecular flexibility index (Phi) is 5.56. The average Bonchev–Trinajstić information content (AvgIpc) is 2.76. The van der Waals surface area contributed by atoms with E-state index < -0.39 is 0 Å². The van der Waals surface area contributed by atoms with Gasteiger partial charge in [0.15, 0.2) is 0 Å². The van der Waals surface area contributed by atoms with Crippen LogP contribution in [0.4, 0.5) is 4.79 Å². The molecule has 0 spiro atoms. The molecule has 0 radical (unpaired) electrons. The molecule has 0 fully saturated rings. The van der Waals surface area contributed by atoms with E-state index in [4.69, 9.17) is 0 Å². The Morgan fingerprint density at radius 1 is 1.41 bits per heavy atom. The third-order valence-corrected chi connectivity index (χ3v) is 2.49. The first kappa shape index (κ1) is 13.6. The highest BCUT2D eigenvalue weighted by Crippen LogP contribution is 1.99. The monoisotopic (exact) mass is 238 g/mol. The van der Waals surface area contributed by atoms with Gasteiger partial charge < -0.3 is 20.1 Å². The second kappa shape index (κ2) is 6.96. The van der Waals surface area contributed by atoms with Crippen molar-refractivity contribution < 1.29 is 4.79 Å². The molecule has 2 N–H and O–H groups in total. The maximum absolute atomic E-state index is 11.2. The molecule has 0 aliphatic heterocycles. The maximum Gasteiger partial charge on any atom is 0.316 e. The Labute approximate surface area is 103 Å². The summed E-state index contributed by atoms with van der Waals surface area (Å²) >= 11 is 0. The molecule has 5 heteroatoms. The van der Waals surface area contributed by atoms with Gasteiger partial charge in [-0.3, -0.25) is 0 Å². The molecular formula is C12H22N4O. The lowest BCUT2D eigenvalue weighted by molar-refractivity contribution is 0.217. The van der Waals surface area contributed by atoms with Crippen molar-refractivity contribution in [3.8, 4) is 0 Å². The lowest BCUT2D eigenvalue weighted by atomic mass is 10.3. The van der Waals surface area contributed by atoms with E-state index in [-0.39, 0.29) is 6.03 Å². The SMILES string of the molecule is CCn1ccc(CNCCNC(=O)N(C)C)c1. The molecule has 0 aromatic carbocycles. The molecule has 0 aliphatic carbocycles. The summed E-state index contributed by atoms with van der Waals surface area (Å²) in [5.74, 6) is 0. The predicted octanol–water partition coefficient (Wildman–Crippen LogP) is 0.869. The first-order valence-electron chi connectivity index (χ1n) is 5.94. The van der Waals surface area contributed by atoms with E-state index in [1.807, 2.05) is 0 Å². The van der Waals surface area contributed by atoms with Crippen LogP contribution in [0.2, 0.25) is 0 Å². The van der Waals surface area contributed by atoms with Gasteiger partial charge in [0.05, 0.1) is 0 Å². The van der Waals surface area contributed by atoms with Gasteiger partial charge in [-0.15, -0.1) is 0 Å². The first-order chi connectivity index (χ1) is 8.13. The minimum Gasteiger partial charge on any atom is -0.354 e. The minimum atomic E-state index is -0.0519. The van der Waals surface area contributed by atoms with E-state index in [0.29, 0.717) is 6.54 Å².